The minimum atomic E-state index is 0.251. The maximum absolute atomic E-state index is 5.59. The molecule has 0 saturated carbocycles. The zero-order valence-electron chi connectivity index (χ0n) is 10.3. The molecule has 0 aromatic rings. The van der Waals surface area contributed by atoms with E-state index in [0.29, 0.717) is 6.04 Å². The molecule has 0 aromatic carbocycles. The second kappa shape index (κ2) is 8.01. The summed E-state index contributed by atoms with van der Waals surface area (Å²) in [4.78, 5) is 0. The first-order valence-electron chi connectivity index (χ1n) is 5.61. The highest BCUT2D eigenvalue weighted by Gasteiger charge is 2.13. The van der Waals surface area contributed by atoms with E-state index in [-0.39, 0.29) is 6.10 Å². The van der Waals surface area contributed by atoms with E-state index < -0.39 is 0 Å². The smallest absolute Gasteiger partial charge is 0.0735 e. The molecule has 0 spiro atoms. The van der Waals surface area contributed by atoms with Gasteiger partial charge in [-0.1, -0.05) is 18.6 Å². The number of ether oxygens (including phenoxy) is 1. The van der Waals surface area contributed by atoms with E-state index in [1.807, 2.05) is 6.92 Å². The lowest BCUT2D eigenvalue weighted by Gasteiger charge is -2.22. The number of hydrogen-bond donors (Lipinski definition) is 1. The summed E-state index contributed by atoms with van der Waals surface area (Å²) < 4.78 is 5.59. The molecule has 2 atom stereocenters. The van der Waals surface area contributed by atoms with Crippen molar-refractivity contribution >= 4 is 0 Å². The van der Waals surface area contributed by atoms with Crippen molar-refractivity contribution < 1.29 is 4.74 Å². The monoisotopic (exact) mass is 199 g/mol. The van der Waals surface area contributed by atoms with E-state index in [1.165, 1.54) is 5.57 Å². The van der Waals surface area contributed by atoms with Gasteiger partial charge in [0.05, 0.1) is 12.1 Å². The average molecular weight is 199 g/mol. The molecule has 0 saturated heterocycles. The second-order valence-corrected chi connectivity index (χ2v) is 3.88. The van der Waals surface area contributed by atoms with Crippen molar-refractivity contribution in [3.8, 4) is 0 Å². The number of allylic oxidation sites excluding steroid dienone is 1. The Morgan fingerprint density at radius 1 is 1.36 bits per heavy atom. The number of hydrogen-bond acceptors (Lipinski definition) is 2. The minimum Gasteiger partial charge on any atom is -0.377 e. The Morgan fingerprint density at radius 3 is 2.43 bits per heavy atom. The van der Waals surface area contributed by atoms with E-state index in [0.717, 1.165) is 19.6 Å². The molecule has 0 radical (unpaired) electrons. The fourth-order valence-electron chi connectivity index (χ4n) is 1.40. The van der Waals surface area contributed by atoms with Crippen LogP contribution in [0.2, 0.25) is 0 Å². The maximum atomic E-state index is 5.59. The summed E-state index contributed by atoms with van der Waals surface area (Å²) in [6.07, 6.45) is 3.66. The quantitative estimate of drug-likeness (QED) is 0.637. The van der Waals surface area contributed by atoms with Crippen LogP contribution >= 0.6 is 0 Å². The molecule has 0 aromatic heterocycles. The minimum absolute atomic E-state index is 0.251. The van der Waals surface area contributed by atoms with Crippen molar-refractivity contribution in [3.05, 3.63) is 11.6 Å². The highest BCUT2D eigenvalue weighted by Crippen LogP contribution is 2.04. The third-order valence-electron chi connectivity index (χ3n) is 2.08. The van der Waals surface area contributed by atoms with Crippen LogP contribution in [0, 0.1) is 0 Å². The Morgan fingerprint density at radius 2 is 2.00 bits per heavy atom. The Balaban J connectivity index is 4.15. The molecule has 2 unspecified atom stereocenters. The van der Waals surface area contributed by atoms with Gasteiger partial charge in [-0.2, -0.15) is 0 Å². The molecule has 0 aliphatic heterocycles. The average Bonchev–Trinajstić information content (AvgIpc) is 2.12. The van der Waals surface area contributed by atoms with Gasteiger partial charge in [0.25, 0.3) is 0 Å². The van der Waals surface area contributed by atoms with Gasteiger partial charge in [0.1, 0.15) is 0 Å². The predicted octanol–water partition coefficient (Wildman–Crippen LogP) is 2.75. The first-order valence-corrected chi connectivity index (χ1v) is 5.61. The van der Waals surface area contributed by atoms with Gasteiger partial charge in [0, 0.05) is 6.61 Å². The summed E-state index contributed by atoms with van der Waals surface area (Å²) in [5.41, 5.74) is 1.34. The topological polar surface area (TPSA) is 21.3 Å². The summed E-state index contributed by atoms with van der Waals surface area (Å²) in [6.45, 7) is 12.4. The Labute approximate surface area is 88.7 Å². The molecule has 0 bridgehead atoms. The third kappa shape index (κ3) is 6.17. The highest BCUT2D eigenvalue weighted by molar-refractivity contribution is 5.03. The van der Waals surface area contributed by atoms with Crippen LogP contribution < -0.4 is 5.32 Å². The van der Waals surface area contributed by atoms with E-state index >= 15 is 0 Å². The highest BCUT2D eigenvalue weighted by atomic mass is 16.5. The zero-order valence-corrected chi connectivity index (χ0v) is 10.3. The molecular weight excluding hydrogens is 174 g/mol. The maximum Gasteiger partial charge on any atom is 0.0735 e. The first-order chi connectivity index (χ1) is 6.61. The predicted molar refractivity (Wildman–Crippen MR) is 62.6 cm³/mol. The molecular formula is C12H25NO. The van der Waals surface area contributed by atoms with Crippen LogP contribution in [0.25, 0.3) is 0 Å². The molecule has 84 valence electrons. The van der Waals surface area contributed by atoms with Crippen molar-refractivity contribution in [1.29, 1.82) is 0 Å². The largest absolute Gasteiger partial charge is 0.377 e. The SMILES string of the molecule is CCCNC(C=C(C)C)C(C)OCC. The fraction of sp³-hybridized carbons (Fsp3) is 0.833. The molecule has 14 heavy (non-hydrogen) atoms. The van der Waals surface area contributed by atoms with Crippen LogP contribution in [0.3, 0.4) is 0 Å². The summed E-state index contributed by atoms with van der Waals surface area (Å²) in [7, 11) is 0. The normalized spacial score (nSPS) is 14.9. The van der Waals surface area contributed by atoms with Crippen molar-refractivity contribution in [1.82, 2.24) is 5.32 Å². The van der Waals surface area contributed by atoms with Crippen LogP contribution in [-0.2, 0) is 4.74 Å². The molecule has 0 rings (SSSR count). The lowest BCUT2D eigenvalue weighted by atomic mass is 10.1. The van der Waals surface area contributed by atoms with E-state index in [1.54, 1.807) is 0 Å². The number of nitrogens with one attached hydrogen (secondary N) is 1. The van der Waals surface area contributed by atoms with Crippen molar-refractivity contribution in [2.24, 2.45) is 0 Å². The molecule has 0 amide bonds. The van der Waals surface area contributed by atoms with E-state index in [4.69, 9.17) is 4.74 Å². The van der Waals surface area contributed by atoms with Gasteiger partial charge < -0.3 is 10.1 Å². The van der Waals surface area contributed by atoms with Crippen LogP contribution in [0.4, 0.5) is 0 Å². The van der Waals surface area contributed by atoms with Gasteiger partial charge in [0.15, 0.2) is 0 Å². The van der Waals surface area contributed by atoms with Crippen LogP contribution in [-0.4, -0.2) is 25.3 Å². The molecule has 2 heteroatoms. The lowest BCUT2D eigenvalue weighted by Crippen LogP contribution is -2.38. The van der Waals surface area contributed by atoms with Crippen LogP contribution in [0.5, 0.6) is 0 Å². The molecule has 0 aliphatic carbocycles. The summed E-state index contributed by atoms with van der Waals surface area (Å²) in [6, 6.07) is 0.347. The Hall–Kier alpha value is -0.340. The summed E-state index contributed by atoms with van der Waals surface area (Å²) >= 11 is 0. The first kappa shape index (κ1) is 13.7. The molecule has 0 aliphatic rings. The van der Waals surface area contributed by atoms with Crippen molar-refractivity contribution in [3.63, 3.8) is 0 Å². The van der Waals surface area contributed by atoms with Gasteiger partial charge in [-0.05, 0) is 40.7 Å². The van der Waals surface area contributed by atoms with E-state index in [2.05, 4.69) is 39.1 Å². The van der Waals surface area contributed by atoms with Gasteiger partial charge in [-0.15, -0.1) is 0 Å². The van der Waals surface area contributed by atoms with Gasteiger partial charge >= 0.3 is 0 Å². The van der Waals surface area contributed by atoms with Gasteiger partial charge in [0.2, 0.25) is 0 Å². The summed E-state index contributed by atoms with van der Waals surface area (Å²) in [5, 5.41) is 3.48. The van der Waals surface area contributed by atoms with Crippen LogP contribution in [0.15, 0.2) is 11.6 Å². The molecule has 1 N–H and O–H groups in total. The van der Waals surface area contributed by atoms with E-state index in [9.17, 15) is 0 Å². The zero-order chi connectivity index (χ0) is 11.0. The second-order valence-electron chi connectivity index (χ2n) is 3.88. The standard InChI is InChI=1S/C12H25NO/c1-6-8-13-12(9-10(3)4)11(5)14-7-2/h9,11-13H,6-8H2,1-5H3. The third-order valence-corrected chi connectivity index (χ3v) is 2.08. The molecule has 0 heterocycles. The molecule has 2 nitrogen and oxygen atoms in total. The number of rotatable bonds is 7. The Bertz CT molecular complexity index is 162. The van der Waals surface area contributed by atoms with Gasteiger partial charge in [-0.25, -0.2) is 0 Å². The van der Waals surface area contributed by atoms with Crippen molar-refractivity contribution in [2.75, 3.05) is 13.2 Å². The Kier molecular flexibility index (Phi) is 7.81. The van der Waals surface area contributed by atoms with Gasteiger partial charge in [-0.3, -0.25) is 0 Å². The molecule has 0 fully saturated rings. The van der Waals surface area contributed by atoms with Crippen LogP contribution in [0.1, 0.15) is 41.0 Å². The summed E-state index contributed by atoms with van der Waals surface area (Å²) in [5.74, 6) is 0. The lowest BCUT2D eigenvalue weighted by molar-refractivity contribution is 0.0591. The van der Waals surface area contributed by atoms with Crippen molar-refractivity contribution in [2.45, 2.75) is 53.2 Å². The fourth-order valence-corrected chi connectivity index (χ4v) is 1.40.